The molecule has 0 bridgehead atoms. The van der Waals surface area contributed by atoms with E-state index in [1.165, 1.54) is 16.5 Å². The van der Waals surface area contributed by atoms with Crippen molar-refractivity contribution in [2.75, 3.05) is 13.7 Å². The third-order valence-electron chi connectivity index (χ3n) is 3.00. The predicted molar refractivity (Wildman–Crippen MR) is 76.8 cm³/mol. The van der Waals surface area contributed by atoms with Gasteiger partial charge in [0.05, 0.1) is 7.11 Å². The van der Waals surface area contributed by atoms with E-state index in [1.807, 2.05) is 6.07 Å². The summed E-state index contributed by atoms with van der Waals surface area (Å²) in [5.41, 5.74) is 1.32. The fourth-order valence-corrected chi connectivity index (χ4v) is 2.38. The maximum atomic E-state index is 5.25. The third-order valence-corrected chi connectivity index (χ3v) is 3.77. The fraction of sp³-hybridized carbons (Fsp3) is 0.571. The Morgan fingerprint density at radius 3 is 2.71 bits per heavy atom. The summed E-state index contributed by atoms with van der Waals surface area (Å²) in [6, 6.07) is 6.76. The molecule has 0 amide bonds. The van der Waals surface area contributed by atoms with Gasteiger partial charge in [-0.25, -0.2) is 0 Å². The Balaban J connectivity index is 2.60. The first-order chi connectivity index (χ1) is 8.21. The van der Waals surface area contributed by atoms with Crippen LogP contribution in [0.5, 0.6) is 5.75 Å². The highest BCUT2D eigenvalue weighted by Crippen LogP contribution is 2.24. The van der Waals surface area contributed by atoms with Gasteiger partial charge in [0.25, 0.3) is 0 Å². The number of hydrogen-bond donors (Lipinski definition) is 1. The van der Waals surface area contributed by atoms with Gasteiger partial charge in [0, 0.05) is 10.5 Å². The zero-order chi connectivity index (χ0) is 12.7. The Kier molecular flexibility index (Phi) is 6.60. The van der Waals surface area contributed by atoms with Gasteiger partial charge >= 0.3 is 0 Å². The van der Waals surface area contributed by atoms with Crippen molar-refractivity contribution in [2.24, 2.45) is 0 Å². The highest BCUT2D eigenvalue weighted by atomic mass is 79.9. The molecule has 0 saturated carbocycles. The van der Waals surface area contributed by atoms with E-state index in [0.29, 0.717) is 6.04 Å². The quantitative estimate of drug-likeness (QED) is 0.827. The van der Waals surface area contributed by atoms with Gasteiger partial charge in [-0.15, -0.1) is 0 Å². The third kappa shape index (κ3) is 4.68. The highest BCUT2D eigenvalue weighted by molar-refractivity contribution is 9.10. The molecule has 3 heteroatoms. The fourth-order valence-electron chi connectivity index (χ4n) is 1.94. The van der Waals surface area contributed by atoms with Crippen LogP contribution < -0.4 is 10.1 Å². The molecule has 0 aliphatic heterocycles. The SMILES string of the molecule is CCNC(CC)CCc1cc(OC)ccc1Br. The number of rotatable bonds is 7. The van der Waals surface area contributed by atoms with Gasteiger partial charge in [-0.3, -0.25) is 0 Å². The first kappa shape index (κ1) is 14.5. The summed E-state index contributed by atoms with van der Waals surface area (Å²) in [6.07, 6.45) is 3.41. The minimum atomic E-state index is 0.609. The average molecular weight is 300 g/mol. The number of halogens is 1. The number of nitrogens with one attached hydrogen (secondary N) is 1. The molecule has 1 unspecified atom stereocenters. The molecule has 0 saturated heterocycles. The molecular formula is C14H22BrNO. The maximum absolute atomic E-state index is 5.25. The Morgan fingerprint density at radius 2 is 2.12 bits per heavy atom. The van der Waals surface area contributed by atoms with E-state index in [0.717, 1.165) is 25.1 Å². The lowest BCUT2D eigenvalue weighted by molar-refractivity contribution is 0.413. The van der Waals surface area contributed by atoms with Gasteiger partial charge < -0.3 is 10.1 Å². The Bertz CT molecular complexity index is 341. The molecule has 0 heterocycles. The van der Waals surface area contributed by atoms with E-state index in [4.69, 9.17) is 4.74 Å². The van der Waals surface area contributed by atoms with Crippen molar-refractivity contribution >= 4 is 15.9 Å². The molecule has 17 heavy (non-hydrogen) atoms. The Labute approximate surface area is 113 Å². The van der Waals surface area contributed by atoms with Crippen molar-refractivity contribution in [3.63, 3.8) is 0 Å². The lowest BCUT2D eigenvalue weighted by atomic mass is 10.0. The van der Waals surface area contributed by atoms with Gasteiger partial charge in [0.1, 0.15) is 5.75 Å². The molecule has 1 atom stereocenters. The summed E-state index contributed by atoms with van der Waals surface area (Å²) in [5.74, 6) is 0.930. The van der Waals surface area contributed by atoms with Crippen LogP contribution in [-0.2, 0) is 6.42 Å². The van der Waals surface area contributed by atoms with Crippen LogP contribution >= 0.6 is 15.9 Å². The molecule has 1 rings (SSSR count). The molecule has 2 nitrogen and oxygen atoms in total. The van der Waals surface area contributed by atoms with E-state index < -0.39 is 0 Å². The van der Waals surface area contributed by atoms with Gasteiger partial charge in [0.2, 0.25) is 0 Å². The normalized spacial score (nSPS) is 12.5. The van der Waals surface area contributed by atoms with E-state index in [1.54, 1.807) is 7.11 Å². The van der Waals surface area contributed by atoms with Crippen LogP contribution in [0.25, 0.3) is 0 Å². The monoisotopic (exact) mass is 299 g/mol. The first-order valence-electron chi connectivity index (χ1n) is 6.27. The lowest BCUT2D eigenvalue weighted by Crippen LogP contribution is -2.28. The summed E-state index contributed by atoms with van der Waals surface area (Å²) in [5, 5.41) is 3.50. The largest absolute Gasteiger partial charge is 0.497 e. The molecule has 1 aromatic rings. The van der Waals surface area contributed by atoms with Crippen LogP contribution in [0.3, 0.4) is 0 Å². The second-order valence-electron chi connectivity index (χ2n) is 4.16. The molecule has 1 N–H and O–H groups in total. The van der Waals surface area contributed by atoms with Crippen molar-refractivity contribution in [1.82, 2.24) is 5.32 Å². The van der Waals surface area contributed by atoms with Gasteiger partial charge in [-0.1, -0.05) is 29.8 Å². The molecule has 96 valence electrons. The smallest absolute Gasteiger partial charge is 0.119 e. The topological polar surface area (TPSA) is 21.3 Å². The van der Waals surface area contributed by atoms with E-state index in [2.05, 4.69) is 47.2 Å². The summed E-state index contributed by atoms with van der Waals surface area (Å²) in [7, 11) is 1.71. The lowest BCUT2D eigenvalue weighted by Gasteiger charge is -2.16. The zero-order valence-corrected chi connectivity index (χ0v) is 12.5. The molecule has 0 aliphatic rings. The van der Waals surface area contributed by atoms with E-state index >= 15 is 0 Å². The van der Waals surface area contributed by atoms with Crippen LogP contribution in [0.15, 0.2) is 22.7 Å². The minimum absolute atomic E-state index is 0.609. The molecule has 0 aliphatic carbocycles. The number of ether oxygens (including phenoxy) is 1. The van der Waals surface area contributed by atoms with Crippen LogP contribution in [0.1, 0.15) is 32.3 Å². The molecule has 1 aromatic carbocycles. The minimum Gasteiger partial charge on any atom is -0.497 e. The van der Waals surface area contributed by atoms with Crippen molar-refractivity contribution in [2.45, 2.75) is 39.2 Å². The second-order valence-corrected chi connectivity index (χ2v) is 5.01. The van der Waals surface area contributed by atoms with Crippen molar-refractivity contribution in [3.05, 3.63) is 28.2 Å². The van der Waals surface area contributed by atoms with Gasteiger partial charge in [-0.2, -0.15) is 0 Å². The summed E-state index contributed by atoms with van der Waals surface area (Å²) < 4.78 is 6.42. The first-order valence-corrected chi connectivity index (χ1v) is 7.06. The van der Waals surface area contributed by atoms with E-state index in [-0.39, 0.29) is 0 Å². The average Bonchev–Trinajstić information content (AvgIpc) is 2.36. The highest BCUT2D eigenvalue weighted by Gasteiger charge is 2.07. The summed E-state index contributed by atoms with van der Waals surface area (Å²) in [4.78, 5) is 0. The van der Waals surface area contributed by atoms with Crippen molar-refractivity contribution in [1.29, 1.82) is 0 Å². The van der Waals surface area contributed by atoms with Crippen LogP contribution in [0.4, 0.5) is 0 Å². The molecule has 0 fully saturated rings. The van der Waals surface area contributed by atoms with Crippen LogP contribution in [0.2, 0.25) is 0 Å². The van der Waals surface area contributed by atoms with Gasteiger partial charge in [0.15, 0.2) is 0 Å². The van der Waals surface area contributed by atoms with Crippen LogP contribution in [-0.4, -0.2) is 19.7 Å². The maximum Gasteiger partial charge on any atom is 0.119 e. The number of methoxy groups -OCH3 is 1. The van der Waals surface area contributed by atoms with Crippen LogP contribution in [0, 0.1) is 0 Å². The van der Waals surface area contributed by atoms with Gasteiger partial charge in [-0.05, 0) is 49.6 Å². The standard InChI is InChI=1S/C14H22BrNO/c1-4-12(16-5-2)7-6-11-10-13(17-3)8-9-14(11)15/h8-10,12,16H,4-7H2,1-3H3. The zero-order valence-electron chi connectivity index (χ0n) is 10.9. The predicted octanol–water partition coefficient (Wildman–Crippen LogP) is 3.78. The number of benzene rings is 1. The molecule has 0 aromatic heterocycles. The van der Waals surface area contributed by atoms with Crippen molar-refractivity contribution < 1.29 is 4.74 Å². The second kappa shape index (κ2) is 7.72. The number of aryl methyl sites for hydroxylation is 1. The Morgan fingerprint density at radius 1 is 1.35 bits per heavy atom. The molecular weight excluding hydrogens is 278 g/mol. The Hall–Kier alpha value is -0.540. The van der Waals surface area contributed by atoms with Crippen molar-refractivity contribution in [3.8, 4) is 5.75 Å². The molecule has 0 spiro atoms. The summed E-state index contributed by atoms with van der Waals surface area (Å²) in [6.45, 7) is 5.43. The summed E-state index contributed by atoms with van der Waals surface area (Å²) >= 11 is 3.59. The molecule has 0 radical (unpaired) electrons. The van der Waals surface area contributed by atoms with E-state index in [9.17, 15) is 0 Å². The number of hydrogen-bond acceptors (Lipinski definition) is 2.